The van der Waals surface area contributed by atoms with Crippen molar-refractivity contribution < 1.29 is 14.3 Å². The van der Waals surface area contributed by atoms with Crippen molar-refractivity contribution in [3.63, 3.8) is 0 Å². The molecule has 1 aliphatic heterocycles. The summed E-state index contributed by atoms with van der Waals surface area (Å²) in [5, 5.41) is 10.9. The van der Waals surface area contributed by atoms with Crippen LogP contribution in [0.3, 0.4) is 0 Å². The van der Waals surface area contributed by atoms with Crippen molar-refractivity contribution >= 4 is 14.0 Å². The molecule has 2 heterocycles. The molecule has 0 saturated carbocycles. The number of pyridine rings is 1. The molecule has 0 spiro atoms. The molecule has 1 saturated heterocycles. The van der Waals surface area contributed by atoms with Crippen LogP contribution in [0.5, 0.6) is 0 Å². The molecule has 3 atom stereocenters. The molecule has 136 valence electrons. The van der Waals surface area contributed by atoms with Crippen LogP contribution in [0.4, 0.5) is 5.69 Å². The van der Waals surface area contributed by atoms with E-state index in [1.165, 1.54) is 0 Å². The quantitative estimate of drug-likeness (QED) is 0.812. The van der Waals surface area contributed by atoms with Crippen LogP contribution in [-0.4, -0.2) is 36.2 Å². The highest BCUT2D eigenvalue weighted by Crippen LogP contribution is 2.44. The van der Waals surface area contributed by atoms with Gasteiger partial charge in [0.25, 0.3) is 0 Å². The average molecular weight is 353 g/mol. The Balaban J connectivity index is 2.29. The molecule has 0 aliphatic carbocycles. The van der Waals surface area contributed by atoms with Crippen molar-refractivity contribution in [1.29, 1.82) is 0 Å². The van der Waals surface area contributed by atoms with Gasteiger partial charge in [0, 0.05) is 18.2 Å². The Bertz CT molecular complexity index is 584. The number of hydrogen-bond acceptors (Lipinski definition) is 5. The molecule has 0 bridgehead atoms. The maximum atomic E-state index is 10.8. The molecule has 6 heteroatoms. The van der Waals surface area contributed by atoms with Gasteiger partial charge in [-0.25, -0.2) is 0 Å². The zero-order valence-corrected chi connectivity index (χ0v) is 17.0. The fourth-order valence-electron chi connectivity index (χ4n) is 2.84. The maximum Gasteiger partial charge on any atom is 0.192 e. The van der Waals surface area contributed by atoms with Crippen molar-refractivity contribution in [2.45, 2.75) is 83.1 Å². The molecule has 24 heavy (non-hydrogen) atoms. The highest BCUT2D eigenvalue weighted by Gasteiger charge is 2.48. The van der Waals surface area contributed by atoms with Gasteiger partial charge < -0.3 is 20.0 Å². The predicted molar refractivity (Wildman–Crippen MR) is 99.2 cm³/mol. The largest absolute Gasteiger partial charge is 0.411 e. The SMILES string of the molecule is CC1(C)OC(c2ccncc2N)CC(O[Si](C)(C)C(C)(C)C)C1O. The molecule has 5 nitrogen and oxygen atoms in total. The number of aliphatic hydroxyl groups is 1. The number of nitrogens with zero attached hydrogens (tertiary/aromatic N) is 1. The van der Waals surface area contributed by atoms with Crippen molar-refractivity contribution in [1.82, 2.24) is 4.98 Å². The third-order valence-corrected chi connectivity index (χ3v) is 9.95. The van der Waals surface area contributed by atoms with Gasteiger partial charge in [0.15, 0.2) is 8.32 Å². The van der Waals surface area contributed by atoms with Gasteiger partial charge in [-0.2, -0.15) is 0 Å². The van der Waals surface area contributed by atoms with E-state index >= 15 is 0 Å². The fourth-order valence-corrected chi connectivity index (χ4v) is 4.18. The number of aliphatic hydroxyl groups excluding tert-OH is 1. The van der Waals surface area contributed by atoms with Gasteiger partial charge in [0.1, 0.15) is 6.10 Å². The number of anilines is 1. The van der Waals surface area contributed by atoms with Gasteiger partial charge in [-0.15, -0.1) is 0 Å². The number of hydrogen-bond donors (Lipinski definition) is 2. The minimum absolute atomic E-state index is 0.0837. The zero-order valence-electron chi connectivity index (χ0n) is 16.0. The smallest absolute Gasteiger partial charge is 0.192 e. The summed E-state index contributed by atoms with van der Waals surface area (Å²) < 4.78 is 12.7. The van der Waals surface area contributed by atoms with Crippen LogP contribution in [0, 0.1) is 0 Å². The molecule has 1 fully saturated rings. The molecule has 0 aromatic carbocycles. The third kappa shape index (κ3) is 3.82. The minimum atomic E-state index is -2.00. The number of rotatable bonds is 3. The maximum absolute atomic E-state index is 10.8. The first-order valence-electron chi connectivity index (χ1n) is 8.58. The molecule has 1 aliphatic rings. The van der Waals surface area contributed by atoms with Gasteiger partial charge in [0.05, 0.1) is 29.7 Å². The molecule has 0 amide bonds. The topological polar surface area (TPSA) is 77.6 Å². The monoisotopic (exact) mass is 352 g/mol. The fraction of sp³-hybridized carbons (Fsp3) is 0.722. The lowest BCUT2D eigenvalue weighted by Crippen LogP contribution is -2.57. The van der Waals surface area contributed by atoms with Crippen LogP contribution < -0.4 is 5.73 Å². The first-order valence-corrected chi connectivity index (χ1v) is 11.5. The van der Waals surface area contributed by atoms with Crippen molar-refractivity contribution in [2.75, 3.05) is 5.73 Å². The number of nitrogen functional groups attached to an aromatic ring is 1. The Morgan fingerprint density at radius 1 is 1.38 bits per heavy atom. The van der Waals surface area contributed by atoms with Crippen LogP contribution in [0.2, 0.25) is 18.1 Å². The zero-order chi connectivity index (χ0) is 18.3. The van der Waals surface area contributed by atoms with Crippen LogP contribution >= 0.6 is 0 Å². The lowest BCUT2D eigenvalue weighted by Gasteiger charge is -2.48. The summed E-state index contributed by atoms with van der Waals surface area (Å²) in [6.45, 7) is 14.8. The molecular weight excluding hydrogens is 320 g/mol. The lowest BCUT2D eigenvalue weighted by molar-refractivity contribution is -0.210. The Labute approximate surface area is 146 Å². The van der Waals surface area contributed by atoms with Crippen LogP contribution in [-0.2, 0) is 9.16 Å². The van der Waals surface area contributed by atoms with Gasteiger partial charge in [-0.3, -0.25) is 4.98 Å². The lowest BCUT2D eigenvalue weighted by atomic mass is 9.87. The summed E-state index contributed by atoms with van der Waals surface area (Å²) in [4.78, 5) is 4.05. The Morgan fingerprint density at radius 3 is 2.54 bits per heavy atom. The van der Waals surface area contributed by atoms with Crippen molar-refractivity contribution in [3.8, 4) is 0 Å². The summed E-state index contributed by atoms with van der Waals surface area (Å²) in [5.74, 6) is 0. The summed E-state index contributed by atoms with van der Waals surface area (Å²) in [5.41, 5.74) is 6.90. The van der Waals surface area contributed by atoms with Gasteiger partial charge >= 0.3 is 0 Å². The third-order valence-electron chi connectivity index (χ3n) is 5.44. The van der Waals surface area contributed by atoms with E-state index in [-0.39, 0.29) is 17.2 Å². The van der Waals surface area contributed by atoms with E-state index in [0.717, 1.165) is 5.56 Å². The van der Waals surface area contributed by atoms with Gasteiger partial charge in [-0.1, -0.05) is 20.8 Å². The molecule has 0 radical (unpaired) electrons. The predicted octanol–water partition coefficient (Wildman–Crippen LogP) is 3.66. The number of ether oxygens (including phenoxy) is 1. The highest BCUT2D eigenvalue weighted by molar-refractivity contribution is 6.74. The average Bonchev–Trinajstić information content (AvgIpc) is 2.42. The molecule has 1 aromatic heterocycles. The first kappa shape index (κ1) is 19.4. The summed E-state index contributed by atoms with van der Waals surface area (Å²) in [7, 11) is -2.00. The molecule has 2 rings (SSSR count). The summed E-state index contributed by atoms with van der Waals surface area (Å²) in [6.07, 6.45) is 2.79. The Hall–Kier alpha value is -0.953. The first-order chi connectivity index (χ1) is 10.8. The molecule has 3 unspecified atom stereocenters. The van der Waals surface area contributed by atoms with E-state index in [4.69, 9.17) is 14.9 Å². The van der Waals surface area contributed by atoms with Crippen LogP contribution in [0.15, 0.2) is 18.5 Å². The van der Waals surface area contributed by atoms with E-state index in [1.807, 2.05) is 19.9 Å². The standard InChI is InChI=1S/C18H32N2O3Si/c1-17(2,3)24(6,7)23-15-10-14(22-18(4,5)16(15)21)12-8-9-20-11-13(12)19/h8-9,11,14-16,21H,10,19H2,1-7H3. The van der Waals surface area contributed by atoms with E-state index in [0.29, 0.717) is 12.1 Å². The molecule has 3 N–H and O–H groups in total. The second kappa shape index (κ2) is 6.41. The second-order valence-electron chi connectivity index (χ2n) is 8.81. The van der Waals surface area contributed by atoms with Gasteiger partial charge in [-0.05, 0) is 38.0 Å². The van der Waals surface area contributed by atoms with E-state index in [9.17, 15) is 5.11 Å². The Kier molecular flexibility index (Phi) is 5.17. The number of nitrogens with two attached hydrogens (primary N) is 1. The second-order valence-corrected chi connectivity index (χ2v) is 13.6. The van der Waals surface area contributed by atoms with Crippen molar-refractivity contribution in [3.05, 3.63) is 24.0 Å². The molecular formula is C18H32N2O3Si. The normalized spacial score (nSPS) is 27.9. The Morgan fingerprint density at radius 2 is 2.00 bits per heavy atom. The summed E-state index contributed by atoms with van der Waals surface area (Å²) in [6, 6.07) is 1.89. The van der Waals surface area contributed by atoms with E-state index < -0.39 is 20.0 Å². The highest BCUT2D eigenvalue weighted by atomic mass is 28.4. The van der Waals surface area contributed by atoms with E-state index in [1.54, 1.807) is 12.4 Å². The van der Waals surface area contributed by atoms with Crippen molar-refractivity contribution in [2.24, 2.45) is 0 Å². The number of aromatic nitrogens is 1. The van der Waals surface area contributed by atoms with Gasteiger partial charge in [0.2, 0.25) is 0 Å². The van der Waals surface area contributed by atoms with Crippen LogP contribution in [0.25, 0.3) is 0 Å². The summed E-state index contributed by atoms with van der Waals surface area (Å²) >= 11 is 0. The minimum Gasteiger partial charge on any atom is -0.411 e. The molecule has 1 aromatic rings. The van der Waals surface area contributed by atoms with E-state index in [2.05, 4.69) is 38.8 Å². The van der Waals surface area contributed by atoms with Crippen LogP contribution in [0.1, 0.15) is 52.7 Å².